The van der Waals surface area contributed by atoms with Crippen LogP contribution in [0.2, 0.25) is 5.02 Å². The third kappa shape index (κ3) is 2.93. The highest BCUT2D eigenvalue weighted by Gasteiger charge is 2.39. The third-order valence-electron chi connectivity index (χ3n) is 5.03. The Kier molecular flexibility index (Phi) is 4.04. The summed E-state index contributed by atoms with van der Waals surface area (Å²) in [5.74, 6) is 2.56. The summed E-state index contributed by atoms with van der Waals surface area (Å²) in [5.41, 5.74) is 1.60. The molecule has 1 amide bonds. The number of rotatable bonds is 3. The van der Waals surface area contributed by atoms with E-state index >= 15 is 0 Å². The second-order valence-corrected chi connectivity index (χ2v) is 7.31. The van der Waals surface area contributed by atoms with Crippen molar-refractivity contribution in [2.75, 3.05) is 5.32 Å². The van der Waals surface area contributed by atoms with E-state index < -0.39 is 0 Å². The van der Waals surface area contributed by atoms with E-state index in [2.05, 4.69) is 27.0 Å². The Bertz CT molecular complexity index is 785. The number of aromatic nitrogens is 3. The van der Waals surface area contributed by atoms with Crippen LogP contribution in [0.5, 0.6) is 0 Å². The third-order valence-corrected chi connectivity index (χ3v) is 5.36. The lowest BCUT2D eigenvalue weighted by Gasteiger charge is -2.11. The van der Waals surface area contributed by atoms with Crippen molar-refractivity contribution in [1.29, 1.82) is 0 Å². The average Bonchev–Trinajstić information content (AvgIpc) is 3.25. The smallest absolute Gasteiger partial charge is 0.227 e. The van der Waals surface area contributed by atoms with Gasteiger partial charge in [-0.15, -0.1) is 10.2 Å². The van der Waals surface area contributed by atoms with Crippen molar-refractivity contribution >= 4 is 23.2 Å². The summed E-state index contributed by atoms with van der Waals surface area (Å²) >= 11 is 6.41. The van der Waals surface area contributed by atoms with Gasteiger partial charge in [-0.05, 0) is 43.4 Å². The number of fused-ring (bicyclic) bond motifs is 1. The summed E-state index contributed by atoms with van der Waals surface area (Å²) < 4.78 is 2.17. The molecule has 2 aliphatic rings. The Morgan fingerprint density at radius 2 is 2.12 bits per heavy atom. The van der Waals surface area contributed by atoms with Crippen molar-refractivity contribution < 1.29 is 4.79 Å². The maximum Gasteiger partial charge on any atom is 0.227 e. The molecule has 2 heterocycles. The van der Waals surface area contributed by atoms with E-state index in [-0.39, 0.29) is 11.8 Å². The molecule has 1 fully saturated rings. The molecule has 24 heavy (non-hydrogen) atoms. The number of nitrogens with zero attached hydrogens (tertiary/aromatic N) is 3. The van der Waals surface area contributed by atoms with E-state index in [1.54, 1.807) is 0 Å². The van der Waals surface area contributed by atoms with Crippen molar-refractivity contribution in [1.82, 2.24) is 14.8 Å². The fraction of sp³-hybridized carbons (Fsp3) is 0.500. The summed E-state index contributed by atoms with van der Waals surface area (Å²) in [4.78, 5) is 12.2. The molecule has 4 rings (SSSR count). The van der Waals surface area contributed by atoms with Gasteiger partial charge in [-0.2, -0.15) is 0 Å². The summed E-state index contributed by atoms with van der Waals surface area (Å²) in [6, 6.07) is 5.58. The zero-order valence-electron chi connectivity index (χ0n) is 13.8. The summed E-state index contributed by atoms with van der Waals surface area (Å²) in [5, 5.41) is 12.3. The number of carbonyl (C=O) groups is 1. The molecule has 1 aromatic heterocycles. The van der Waals surface area contributed by atoms with Crippen LogP contribution < -0.4 is 5.32 Å². The number of carbonyl (C=O) groups excluding carboxylic acids is 1. The lowest BCUT2D eigenvalue weighted by atomic mass is 10.1. The number of amides is 1. The normalized spacial score (nSPS) is 22.6. The van der Waals surface area contributed by atoms with Gasteiger partial charge in [0.2, 0.25) is 5.91 Å². The van der Waals surface area contributed by atoms with Crippen molar-refractivity contribution in [2.45, 2.75) is 45.6 Å². The van der Waals surface area contributed by atoms with Crippen molar-refractivity contribution in [3.63, 3.8) is 0 Å². The van der Waals surface area contributed by atoms with Crippen LogP contribution in [-0.4, -0.2) is 20.7 Å². The zero-order valence-corrected chi connectivity index (χ0v) is 14.5. The van der Waals surface area contributed by atoms with Gasteiger partial charge >= 0.3 is 0 Å². The highest BCUT2D eigenvalue weighted by Crippen LogP contribution is 2.39. The van der Waals surface area contributed by atoms with Gasteiger partial charge in [0.1, 0.15) is 5.82 Å². The molecule has 1 aromatic carbocycles. The van der Waals surface area contributed by atoms with E-state index in [0.29, 0.717) is 10.9 Å². The highest BCUT2D eigenvalue weighted by molar-refractivity contribution is 6.33. The quantitative estimate of drug-likeness (QED) is 0.918. The first kappa shape index (κ1) is 15.6. The van der Waals surface area contributed by atoms with Crippen LogP contribution in [0, 0.1) is 11.8 Å². The first-order valence-electron chi connectivity index (χ1n) is 8.66. The molecular weight excluding hydrogens is 324 g/mol. The predicted octanol–water partition coefficient (Wildman–Crippen LogP) is 3.92. The highest BCUT2D eigenvalue weighted by atomic mass is 35.5. The topological polar surface area (TPSA) is 59.8 Å². The minimum Gasteiger partial charge on any atom is -0.326 e. The minimum absolute atomic E-state index is 0.0934. The van der Waals surface area contributed by atoms with E-state index in [9.17, 15) is 4.79 Å². The molecule has 1 N–H and O–H groups in total. The molecule has 6 heteroatoms. The van der Waals surface area contributed by atoms with Gasteiger partial charge in [-0.1, -0.05) is 24.9 Å². The Balaban J connectivity index is 1.64. The zero-order chi connectivity index (χ0) is 16.7. The second kappa shape index (κ2) is 6.20. The summed E-state index contributed by atoms with van der Waals surface area (Å²) in [7, 11) is 0. The van der Waals surface area contributed by atoms with Crippen LogP contribution in [0.25, 0.3) is 11.4 Å². The van der Waals surface area contributed by atoms with Gasteiger partial charge in [0.25, 0.3) is 0 Å². The second-order valence-electron chi connectivity index (χ2n) is 6.91. The Hall–Kier alpha value is -1.88. The molecule has 1 aliphatic carbocycles. The molecule has 0 bridgehead atoms. The molecule has 1 saturated carbocycles. The molecule has 1 aliphatic heterocycles. The van der Waals surface area contributed by atoms with Gasteiger partial charge in [0.15, 0.2) is 5.82 Å². The number of hydrogen-bond acceptors (Lipinski definition) is 3. The molecule has 2 atom stereocenters. The molecular formula is C18H21ClN4O. The van der Waals surface area contributed by atoms with Gasteiger partial charge in [-0.25, -0.2) is 0 Å². The van der Waals surface area contributed by atoms with Crippen molar-refractivity contribution in [3.8, 4) is 11.4 Å². The Morgan fingerprint density at radius 3 is 2.92 bits per heavy atom. The Morgan fingerprint density at radius 1 is 1.29 bits per heavy atom. The molecule has 0 spiro atoms. The molecule has 0 radical (unpaired) electrons. The van der Waals surface area contributed by atoms with Crippen molar-refractivity contribution in [2.24, 2.45) is 11.8 Å². The molecule has 5 nitrogen and oxygen atoms in total. The fourth-order valence-electron chi connectivity index (χ4n) is 3.38. The molecule has 2 aromatic rings. The standard InChI is InChI=1S/C18H21ClN4O/c1-11-9-13(11)18(24)20-12-6-7-15(19)14(10-12)17-22-21-16-5-3-2-4-8-23(16)17/h6-7,10-11,13H,2-5,8-9H2,1H3,(H,20,24). The molecule has 0 saturated heterocycles. The number of nitrogens with one attached hydrogen (secondary N) is 1. The largest absolute Gasteiger partial charge is 0.326 e. The van der Waals surface area contributed by atoms with Crippen LogP contribution in [0.3, 0.4) is 0 Å². The Labute approximate surface area is 146 Å². The van der Waals surface area contributed by atoms with E-state index in [1.165, 1.54) is 6.42 Å². The van der Waals surface area contributed by atoms with Gasteiger partial charge in [-0.3, -0.25) is 4.79 Å². The van der Waals surface area contributed by atoms with Crippen LogP contribution in [-0.2, 0) is 17.8 Å². The average molecular weight is 345 g/mol. The first-order valence-corrected chi connectivity index (χ1v) is 9.04. The number of anilines is 1. The molecule has 126 valence electrons. The van der Waals surface area contributed by atoms with E-state index in [1.807, 2.05) is 18.2 Å². The summed E-state index contributed by atoms with van der Waals surface area (Å²) in [6.07, 6.45) is 5.43. The minimum atomic E-state index is 0.0934. The fourth-order valence-corrected chi connectivity index (χ4v) is 3.58. The van der Waals surface area contributed by atoms with Gasteiger partial charge in [0, 0.05) is 30.1 Å². The van der Waals surface area contributed by atoms with E-state index in [4.69, 9.17) is 11.6 Å². The molecule has 2 unspecified atom stereocenters. The lowest BCUT2D eigenvalue weighted by Crippen LogP contribution is -2.14. The van der Waals surface area contributed by atoms with Crippen LogP contribution >= 0.6 is 11.6 Å². The van der Waals surface area contributed by atoms with Crippen LogP contribution in [0.4, 0.5) is 5.69 Å². The van der Waals surface area contributed by atoms with Crippen LogP contribution in [0.1, 0.15) is 38.4 Å². The predicted molar refractivity (Wildman–Crippen MR) is 93.9 cm³/mol. The maximum atomic E-state index is 12.2. The summed E-state index contributed by atoms with van der Waals surface area (Å²) in [6.45, 7) is 3.02. The van der Waals surface area contributed by atoms with Crippen molar-refractivity contribution in [3.05, 3.63) is 29.0 Å². The number of hydrogen-bond donors (Lipinski definition) is 1. The van der Waals surface area contributed by atoms with Gasteiger partial charge < -0.3 is 9.88 Å². The van der Waals surface area contributed by atoms with Gasteiger partial charge in [0.05, 0.1) is 5.02 Å². The monoisotopic (exact) mass is 344 g/mol. The number of aryl methyl sites for hydroxylation is 1. The van der Waals surface area contributed by atoms with E-state index in [0.717, 1.165) is 55.1 Å². The maximum absolute atomic E-state index is 12.2. The SMILES string of the molecule is CC1CC1C(=O)Nc1ccc(Cl)c(-c2nnc3n2CCCCC3)c1. The van der Waals surface area contributed by atoms with Crippen LogP contribution in [0.15, 0.2) is 18.2 Å². The lowest BCUT2D eigenvalue weighted by molar-refractivity contribution is -0.117. The first-order chi connectivity index (χ1) is 11.6. The number of benzene rings is 1. The number of halogens is 1.